The van der Waals surface area contributed by atoms with E-state index in [1.165, 1.54) is 5.56 Å². The molecule has 5 aromatic carbocycles. The Morgan fingerprint density at radius 2 is 0.529 bits per heavy atom. The Balaban J connectivity index is 0.000000802. The zero-order valence-electron chi connectivity index (χ0n) is 33.4. The fourth-order valence-corrected chi connectivity index (χ4v) is 8.23. The monoisotopic (exact) mass is 1050 g/mol. The van der Waals surface area contributed by atoms with Gasteiger partial charge in [-0.2, -0.15) is 127 Å². The van der Waals surface area contributed by atoms with Crippen LogP contribution in [0.3, 0.4) is 0 Å². The van der Waals surface area contributed by atoms with Crippen LogP contribution >= 0.6 is 12.6 Å². The molecule has 0 bridgehead atoms. The molecule has 0 spiro atoms. The van der Waals surface area contributed by atoms with Gasteiger partial charge < -0.3 is 0 Å². The Labute approximate surface area is 376 Å². The van der Waals surface area contributed by atoms with E-state index in [1.807, 2.05) is 12.1 Å². The van der Waals surface area contributed by atoms with Crippen LogP contribution < -0.4 is 21.9 Å². The molecular weight excluding hydrogens is 1020 g/mol. The summed E-state index contributed by atoms with van der Waals surface area (Å²) in [6, 6.07) is -0.521. The van der Waals surface area contributed by atoms with E-state index >= 15 is 0 Å². The van der Waals surface area contributed by atoms with Crippen molar-refractivity contribution in [2.75, 3.05) is 12.5 Å². The van der Waals surface area contributed by atoms with Crippen molar-refractivity contribution < 1.29 is 105 Å². The molecule has 0 aliphatic carbocycles. The molecule has 0 amide bonds. The number of thiol groups is 1. The minimum Gasteiger partial charge on any atom is -0.194 e. The van der Waals surface area contributed by atoms with Gasteiger partial charge in [0, 0.05) is 10.5 Å². The zero-order valence-corrected chi connectivity index (χ0v) is 35.2. The summed E-state index contributed by atoms with van der Waals surface area (Å²) < 4.78 is 341. The maximum Gasteiger partial charge on any atom is 0.416 e. The number of benzene rings is 5. The number of hydrogen-bond acceptors (Lipinski definition) is 1. The summed E-state index contributed by atoms with van der Waals surface area (Å²) in [7, 11) is 0.474. The second kappa shape index (κ2) is 18.8. The standard InChI is InChI=1S/C32H12BF24.C9H12S2/c34-25(35,36)13-1-14(26(37,38)39)6-21(5-13)33(22-7-15(27(40,41)42)2-16(8-22)28(43,44)45,23-9-17(29(46,47)48)3-18(10-23)30(49,50)51)24-11-19(31(52,53)54)4-20(12-24)32(55,56)57;1-11(2)7-8-5-3-4-6-9(8)10/h1-12H;3-6H,7H2,1-2H3/q-1;/p+1. The number of rotatable bonds is 6. The van der Waals surface area contributed by atoms with Crippen molar-refractivity contribution in [3.8, 4) is 0 Å². The molecule has 372 valence electrons. The van der Waals surface area contributed by atoms with E-state index < -0.39 is 195 Å². The lowest BCUT2D eigenvalue weighted by Crippen LogP contribution is -2.75. The molecule has 0 nitrogen and oxygen atoms in total. The van der Waals surface area contributed by atoms with Crippen LogP contribution in [0.4, 0.5) is 105 Å². The van der Waals surface area contributed by atoms with Gasteiger partial charge in [0.1, 0.15) is 11.9 Å². The molecule has 0 saturated heterocycles. The summed E-state index contributed by atoms with van der Waals surface area (Å²) in [5.74, 6) is 1.15. The predicted octanol–water partition coefficient (Wildman–Crippen LogP) is 13.6. The van der Waals surface area contributed by atoms with Crippen LogP contribution in [-0.2, 0) is 66.1 Å². The topological polar surface area (TPSA) is 0 Å². The highest BCUT2D eigenvalue weighted by atomic mass is 32.2. The van der Waals surface area contributed by atoms with Crippen molar-refractivity contribution in [1.29, 1.82) is 0 Å². The van der Waals surface area contributed by atoms with Crippen molar-refractivity contribution >= 4 is 51.5 Å². The second-order valence-corrected chi connectivity index (χ2v) is 17.7. The molecule has 5 rings (SSSR count). The second-order valence-electron chi connectivity index (χ2n) is 15.0. The minimum atomic E-state index is -6.13. The Hall–Kier alpha value is -4.82. The van der Waals surface area contributed by atoms with Crippen LogP contribution in [0.2, 0.25) is 0 Å². The molecule has 27 heteroatoms. The summed E-state index contributed by atoms with van der Waals surface area (Å²) in [5.41, 5.74) is -28.8. The summed E-state index contributed by atoms with van der Waals surface area (Å²) >= 11 is 4.38. The largest absolute Gasteiger partial charge is 0.416 e. The molecule has 0 aliphatic heterocycles. The molecule has 68 heavy (non-hydrogen) atoms. The van der Waals surface area contributed by atoms with Gasteiger partial charge in [-0.15, -0.1) is 12.6 Å². The average molecular weight is 1050 g/mol. The molecule has 0 unspecified atom stereocenters. The summed E-state index contributed by atoms with van der Waals surface area (Å²) in [6.45, 7) is 0. The van der Waals surface area contributed by atoms with E-state index in [1.54, 1.807) is 0 Å². The van der Waals surface area contributed by atoms with Crippen molar-refractivity contribution in [1.82, 2.24) is 0 Å². The number of hydrogen-bond donors (Lipinski definition) is 1. The summed E-state index contributed by atoms with van der Waals surface area (Å²) in [6.07, 6.45) is -50.3. The van der Waals surface area contributed by atoms with Gasteiger partial charge in [-0.1, -0.05) is 66.7 Å². The van der Waals surface area contributed by atoms with Gasteiger partial charge >= 0.3 is 49.4 Å². The third-order valence-corrected chi connectivity index (χ3v) is 11.2. The van der Waals surface area contributed by atoms with Gasteiger partial charge in [0.05, 0.1) is 57.0 Å². The van der Waals surface area contributed by atoms with Gasteiger partial charge in [0.25, 0.3) is 0 Å². The molecule has 0 heterocycles. The SMILES string of the molecule is C[S+](C)Cc1ccccc1S.FC(F)(F)c1cc([B-](c2cc(C(F)(F)F)cc(C(F)(F)F)c2)(c2cc(C(F)(F)F)cc(C(F)(F)F)c2)c2cc(C(F)(F)F)cc(C(F)(F)F)c2)cc(C(F)(F)F)c1. The lowest BCUT2D eigenvalue weighted by atomic mass is 9.12. The van der Waals surface area contributed by atoms with Crippen molar-refractivity contribution in [3.05, 3.63) is 147 Å². The van der Waals surface area contributed by atoms with Crippen LogP contribution in [0.15, 0.2) is 102 Å². The zero-order chi connectivity index (χ0) is 52.2. The minimum absolute atomic E-state index is 0.474. The highest BCUT2D eigenvalue weighted by Crippen LogP contribution is 2.41. The third kappa shape index (κ3) is 13.1. The molecule has 0 radical (unpaired) electrons. The van der Waals surface area contributed by atoms with Crippen LogP contribution in [0, 0.1) is 0 Å². The Kier molecular flexibility index (Phi) is 15.4. The first-order valence-corrected chi connectivity index (χ1v) is 20.8. The molecule has 5 aromatic rings. The third-order valence-electron chi connectivity index (χ3n) is 9.88. The molecule has 0 aliphatic rings. The molecular formula is C41H25BF24S2. The van der Waals surface area contributed by atoms with Crippen molar-refractivity contribution in [3.63, 3.8) is 0 Å². The van der Waals surface area contributed by atoms with Crippen LogP contribution in [-0.4, -0.2) is 18.7 Å². The number of alkyl halides is 24. The first kappa shape index (κ1) is 55.8. The van der Waals surface area contributed by atoms with Gasteiger partial charge in [-0.3, -0.25) is 0 Å². The maximum atomic E-state index is 14.2. The fourth-order valence-electron chi connectivity index (χ4n) is 7.01. The lowest BCUT2D eigenvalue weighted by molar-refractivity contribution is -0.144. The molecule has 0 aromatic heterocycles. The summed E-state index contributed by atoms with van der Waals surface area (Å²) in [5, 5.41) is 0. The predicted molar refractivity (Wildman–Crippen MR) is 207 cm³/mol. The Bertz CT molecular complexity index is 2150. The normalized spacial score (nSPS) is 13.7. The van der Waals surface area contributed by atoms with Crippen LogP contribution in [0.5, 0.6) is 0 Å². The van der Waals surface area contributed by atoms with Crippen LogP contribution in [0.25, 0.3) is 0 Å². The van der Waals surface area contributed by atoms with Crippen molar-refractivity contribution in [2.45, 2.75) is 60.1 Å². The smallest absolute Gasteiger partial charge is 0.194 e. The van der Waals surface area contributed by atoms with E-state index in [-0.39, 0.29) is 0 Å². The van der Waals surface area contributed by atoms with Crippen LogP contribution in [0.1, 0.15) is 50.1 Å². The quantitative estimate of drug-likeness (QED) is 0.0745. The molecule has 0 atom stereocenters. The van der Waals surface area contributed by atoms with Gasteiger partial charge in [0.15, 0.2) is 0 Å². The maximum absolute atomic E-state index is 14.2. The van der Waals surface area contributed by atoms with E-state index in [9.17, 15) is 105 Å². The van der Waals surface area contributed by atoms with Crippen molar-refractivity contribution in [2.24, 2.45) is 0 Å². The van der Waals surface area contributed by atoms with E-state index in [0.717, 1.165) is 10.6 Å². The Morgan fingerprint density at radius 1 is 0.338 bits per heavy atom. The fraction of sp³-hybridized carbons (Fsp3) is 0.268. The molecule has 0 fully saturated rings. The lowest BCUT2D eigenvalue weighted by Gasteiger charge is -2.46. The molecule has 0 saturated carbocycles. The van der Waals surface area contributed by atoms with E-state index in [0.29, 0.717) is 10.9 Å². The Morgan fingerprint density at radius 3 is 0.691 bits per heavy atom. The first-order valence-electron chi connectivity index (χ1n) is 18.1. The first-order chi connectivity index (χ1) is 30.5. The van der Waals surface area contributed by atoms with E-state index in [2.05, 4.69) is 37.3 Å². The number of halogens is 24. The summed E-state index contributed by atoms with van der Waals surface area (Å²) in [4.78, 5) is 1.12. The van der Waals surface area contributed by atoms with Gasteiger partial charge in [-0.25, -0.2) is 0 Å². The van der Waals surface area contributed by atoms with Gasteiger partial charge in [0.2, 0.25) is 0 Å². The highest BCUT2D eigenvalue weighted by Gasteiger charge is 2.47. The average Bonchev–Trinajstić information content (AvgIpc) is 3.16. The van der Waals surface area contributed by atoms with Gasteiger partial charge in [-0.05, 0) is 41.2 Å². The highest BCUT2D eigenvalue weighted by molar-refractivity contribution is 7.94. The molecule has 0 N–H and O–H groups in total. The van der Waals surface area contributed by atoms with E-state index in [4.69, 9.17) is 0 Å².